The van der Waals surface area contributed by atoms with Crippen LogP contribution in [-0.2, 0) is 6.18 Å². The fourth-order valence-corrected chi connectivity index (χ4v) is 2.07. The predicted molar refractivity (Wildman–Crippen MR) is 59.7 cm³/mol. The maximum absolute atomic E-state index is 13.0. The summed E-state index contributed by atoms with van der Waals surface area (Å²) in [7, 11) is 0. The molecule has 0 saturated heterocycles. The minimum atomic E-state index is -4.47. The molecule has 7 heteroatoms. The van der Waals surface area contributed by atoms with E-state index in [0.717, 1.165) is 23.4 Å². The first-order valence-corrected chi connectivity index (χ1v) is 5.88. The molecule has 0 unspecified atom stereocenters. The van der Waals surface area contributed by atoms with Gasteiger partial charge in [0.2, 0.25) is 0 Å². The Labute approximate surface area is 106 Å². The smallest absolute Gasteiger partial charge is 0.232 e. The Morgan fingerprint density at radius 2 is 2.06 bits per heavy atom. The summed E-state index contributed by atoms with van der Waals surface area (Å²) in [5.74, 6) is 0.127. The molecule has 0 spiro atoms. The van der Waals surface area contributed by atoms with E-state index in [0.29, 0.717) is 11.4 Å². The highest BCUT2D eigenvalue weighted by molar-refractivity contribution is 6.34. The minimum Gasteiger partial charge on any atom is -0.232 e. The number of aromatic nitrogens is 3. The first-order valence-electron chi connectivity index (χ1n) is 5.51. The van der Waals surface area contributed by atoms with E-state index in [1.54, 1.807) is 6.92 Å². The third kappa shape index (κ3) is 1.75. The first kappa shape index (κ1) is 11.8. The van der Waals surface area contributed by atoms with Gasteiger partial charge in [-0.15, -0.1) is 0 Å². The largest absolute Gasteiger partial charge is 0.433 e. The molecule has 1 saturated carbocycles. The molecular formula is C11H9ClF3N3. The number of fused-ring (bicyclic) bond motifs is 1. The lowest BCUT2D eigenvalue weighted by Crippen LogP contribution is -2.14. The Morgan fingerprint density at radius 3 is 2.61 bits per heavy atom. The van der Waals surface area contributed by atoms with E-state index in [1.165, 1.54) is 0 Å². The van der Waals surface area contributed by atoms with Crippen molar-refractivity contribution in [3.63, 3.8) is 0 Å². The number of aryl methyl sites for hydroxylation is 1. The maximum Gasteiger partial charge on any atom is 0.433 e. The van der Waals surface area contributed by atoms with Gasteiger partial charge < -0.3 is 0 Å². The summed E-state index contributed by atoms with van der Waals surface area (Å²) in [6.45, 7) is 1.56. The number of nitrogens with zero attached hydrogens (tertiary/aromatic N) is 3. The Bertz CT molecular complexity index is 628. The average Bonchev–Trinajstić information content (AvgIpc) is 3.06. The molecule has 1 aliphatic carbocycles. The van der Waals surface area contributed by atoms with Gasteiger partial charge in [0.15, 0.2) is 5.65 Å². The third-order valence-corrected chi connectivity index (χ3v) is 3.44. The summed E-state index contributed by atoms with van der Waals surface area (Å²) < 4.78 is 39.8. The SMILES string of the molecule is Cc1nn2c(C(F)(F)F)cc(C3CC3)nc2c1Cl. The van der Waals surface area contributed by atoms with Crippen molar-refractivity contribution >= 4 is 17.2 Å². The quantitative estimate of drug-likeness (QED) is 0.796. The van der Waals surface area contributed by atoms with Gasteiger partial charge in [0.05, 0.1) is 5.69 Å². The van der Waals surface area contributed by atoms with Gasteiger partial charge in [-0.2, -0.15) is 18.3 Å². The van der Waals surface area contributed by atoms with Crippen molar-refractivity contribution < 1.29 is 13.2 Å². The molecule has 3 nitrogen and oxygen atoms in total. The van der Waals surface area contributed by atoms with Crippen LogP contribution in [0.1, 0.15) is 35.8 Å². The molecule has 18 heavy (non-hydrogen) atoms. The van der Waals surface area contributed by atoms with Crippen molar-refractivity contribution in [1.29, 1.82) is 0 Å². The lowest BCUT2D eigenvalue weighted by atomic mass is 10.2. The molecule has 1 aliphatic rings. The maximum atomic E-state index is 13.0. The van der Waals surface area contributed by atoms with Crippen molar-refractivity contribution in [2.75, 3.05) is 0 Å². The number of alkyl halides is 3. The van der Waals surface area contributed by atoms with E-state index in [-0.39, 0.29) is 16.6 Å². The van der Waals surface area contributed by atoms with Gasteiger partial charge in [0.25, 0.3) is 0 Å². The van der Waals surface area contributed by atoms with Crippen LogP contribution in [0.5, 0.6) is 0 Å². The lowest BCUT2D eigenvalue weighted by Gasteiger charge is -2.10. The normalized spacial score (nSPS) is 16.5. The summed E-state index contributed by atoms with van der Waals surface area (Å²) >= 11 is 5.95. The molecule has 3 rings (SSSR count). The molecular weight excluding hydrogens is 267 g/mol. The monoisotopic (exact) mass is 275 g/mol. The molecule has 0 N–H and O–H groups in total. The van der Waals surface area contributed by atoms with Gasteiger partial charge in [-0.05, 0) is 25.8 Å². The highest BCUT2D eigenvalue weighted by Crippen LogP contribution is 2.41. The summed E-state index contributed by atoms with van der Waals surface area (Å²) in [6, 6.07) is 1.08. The number of hydrogen-bond donors (Lipinski definition) is 0. The van der Waals surface area contributed by atoms with Crippen LogP contribution in [0.4, 0.5) is 13.2 Å². The van der Waals surface area contributed by atoms with Gasteiger partial charge in [-0.3, -0.25) is 0 Å². The topological polar surface area (TPSA) is 30.2 Å². The molecule has 2 aromatic heterocycles. The van der Waals surface area contributed by atoms with Crippen LogP contribution in [0, 0.1) is 6.92 Å². The summed E-state index contributed by atoms with van der Waals surface area (Å²) in [6.07, 6.45) is -2.71. The van der Waals surface area contributed by atoms with Gasteiger partial charge in [0.1, 0.15) is 10.7 Å². The zero-order chi connectivity index (χ0) is 13.1. The van der Waals surface area contributed by atoms with Crippen LogP contribution in [-0.4, -0.2) is 14.6 Å². The van der Waals surface area contributed by atoms with Crippen molar-refractivity contribution in [1.82, 2.24) is 14.6 Å². The Kier molecular flexibility index (Phi) is 2.35. The van der Waals surface area contributed by atoms with Crippen LogP contribution in [0.2, 0.25) is 5.02 Å². The molecule has 0 aromatic carbocycles. The van der Waals surface area contributed by atoms with Crippen LogP contribution in [0.3, 0.4) is 0 Å². The van der Waals surface area contributed by atoms with E-state index in [4.69, 9.17) is 11.6 Å². The van der Waals surface area contributed by atoms with Gasteiger partial charge in [0, 0.05) is 11.6 Å². The molecule has 2 heterocycles. The zero-order valence-corrected chi connectivity index (χ0v) is 10.2. The number of halogens is 4. The van der Waals surface area contributed by atoms with Crippen molar-refractivity contribution in [3.05, 3.63) is 28.2 Å². The highest BCUT2D eigenvalue weighted by atomic mass is 35.5. The summed E-state index contributed by atoms with van der Waals surface area (Å²) in [5, 5.41) is 3.99. The molecule has 0 amide bonds. The first-order chi connectivity index (χ1) is 8.38. The minimum absolute atomic E-state index is 0.0888. The molecule has 0 aliphatic heterocycles. The van der Waals surface area contributed by atoms with Crippen molar-refractivity contribution in [2.45, 2.75) is 31.9 Å². The van der Waals surface area contributed by atoms with E-state index >= 15 is 0 Å². The second-order valence-corrected chi connectivity index (χ2v) is 4.85. The van der Waals surface area contributed by atoms with E-state index in [2.05, 4.69) is 10.1 Å². The highest BCUT2D eigenvalue weighted by Gasteiger charge is 2.37. The lowest BCUT2D eigenvalue weighted by molar-refractivity contribution is -0.142. The summed E-state index contributed by atoms with van der Waals surface area (Å²) in [4.78, 5) is 4.20. The Balaban J connectivity index is 2.34. The van der Waals surface area contributed by atoms with Gasteiger partial charge in [-0.1, -0.05) is 11.6 Å². The zero-order valence-electron chi connectivity index (χ0n) is 9.42. The molecule has 0 atom stereocenters. The second-order valence-electron chi connectivity index (χ2n) is 4.47. The van der Waals surface area contributed by atoms with Crippen LogP contribution in [0.25, 0.3) is 5.65 Å². The van der Waals surface area contributed by atoms with Crippen LogP contribution < -0.4 is 0 Å². The molecule has 0 radical (unpaired) electrons. The van der Waals surface area contributed by atoms with Crippen LogP contribution in [0.15, 0.2) is 6.07 Å². The molecule has 1 fully saturated rings. The predicted octanol–water partition coefficient (Wildman–Crippen LogP) is 3.59. The van der Waals surface area contributed by atoms with E-state index in [1.807, 2.05) is 0 Å². The Hall–Kier alpha value is -1.30. The average molecular weight is 276 g/mol. The molecule has 0 bridgehead atoms. The fraction of sp³-hybridized carbons (Fsp3) is 0.455. The molecule has 96 valence electrons. The summed E-state index contributed by atoms with van der Waals surface area (Å²) in [5.41, 5.74) is 0.0783. The second kappa shape index (κ2) is 3.60. The molecule has 2 aromatic rings. The van der Waals surface area contributed by atoms with Gasteiger partial charge >= 0.3 is 6.18 Å². The van der Waals surface area contributed by atoms with E-state index in [9.17, 15) is 13.2 Å². The van der Waals surface area contributed by atoms with Crippen molar-refractivity contribution in [3.8, 4) is 0 Å². The van der Waals surface area contributed by atoms with E-state index < -0.39 is 11.9 Å². The number of rotatable bonds is 1. The fourth-order valence-electron chi connectivity index (χ4n) is 1.91. The van der Waals surface area contributed by atoms with Crippen molar-refractivity contribution in [2.24, 2.45) is 0 Å². The van der Waals surface area contributed by atoms with Gasteiger partial charge in [-0.25, -0.2) is 9.50 Å². The standard InChI is InChI=1S/C11H9ClF3N3/c1-5-9(12)10-16-7(6-2-3-6)4-8(11(13,14)15)18(10)17-5/h4,6H,2-3H2,1H3. The van der Waals surface area contributed by atoms with Crippen LogP contribution >= 0.6 is 11.6 Å². The Morgan fingerprint density at radius 1 is 1.39 bits per heavy atom. The number of hydrogen-bond acceptors (Lipinski definition) is 2. The third-order valence-electron chi connectivity index (χ3n) is 3.00.